The lowest BCUT2D eigenvalue weighted by Crippen LogP contribution is -2.55. The first kappa shape index (κ1) is 16.5. The third-order valence-electron chi connectivity index (χ3n) is 5.51. The average Bonchev–Trinajstić information content (AvgIpc) is 2.75. The molecule has 1 spiro atoms. The lowest BCUT2D eigenvalue weighted by molar-refractivity contribution is -0.133. The van der Waals surface area contributed by atoms with Gasteiger partial charge in [-0.3, -0.25) is 10.2 Å². The minimum absolute atomic E-state index is 0.192. The summed E-state index contributed by atoms with van der Waals surface area (Å²) in [5.74, 6) is 0.360. The highest BCUT2D eigenvalue weighted by Crippen LogP contribution is 2.33. The zero-order chi connectivity index (χ0) is 16.4. The summed E-state index contributed by atoms with van der Waals surface area (Å²) in [5.41, 5.74) is 2.10. The van der Waals surface area contributed by atoms with E-state index in [0.29, 0.717) is 17.1 Å². The molecule has 3 aliphatic rings. The molecule has 3 rings (SSSR count). The first-order valence-corrected chi connectivity index (χ1v) is 9.16. The van der Waals surface area contributed by atoms with Gasteiger partial charge < -0.3 is 10.6 Å². The molecule has 1 aliphatic heterocycles. The largest absolute Gasteiger partial charge is 0.358 e. The Morgan fingerprint density at radius 3 is 2.57 bits per heavy atom. The third kappa shape index (κ3) is 3.29. The number of carbonyl (C=O) groups excluding carboxylic acids is 2. The Bertz CT molecular complexity index is 504. The number of hydrogen-bond acceptors (Lipinski definition) is 3. The fourth-order valence-corrected chi connectivity index (χ4v) is 4.29. The van der Waals surface area contributed by atoms with Gasteiger partial charge in [-0.15, -0.1) is 0 Å². The maximum absolute atomic E-state index is 12.7. The summed E-state index contributed by atoms with van der Waals surface area (Å²) in [6, 6.07) is -0.0779. The molecule has 2 atom stereocenters. The first-order chi connectivity index (χ1) is 11.0. The van der Waals surface area contributed by atoms with Gasteiger partial charge in [-0.05, 0) is 43.8 Å². The van der Waals surface area contributed by atoms with Crippen molar-refractivity contribution in [1.82, 2.24) is 21.1 Å². The van der Waals surface area contributed by atoms with Gasteiger partial charge in [0.2, 0.25) is 0 Å². The monoisotopic (exact) mass is 338 g/mol. The van der Waals surface area contributed by atoms with Crippen LogP contribution in [0.3, 0.4) is 0 Å². The van der Waals surface area contributed by atoms with E-state index in [9.17, 15) is 9.59 Å². The Balaban J connectivity index is 1.59. The van der Waals surface area contributed by atoms with Crippen molar-refractivity contribution < 1.29 is 9.59 Å². The van der Waals surface area contributed by atoms with Crippen LogP contribution in [0, 0.1) is 5.92 Å². The van der Waals surface area contributed by atoms with Crippen molar-refractivity contribution in [3.05, 3.63) is 0 Å². The van der Waals surface area contributed by atoms with Crippen LogP contribution in [-0.2, 0) is 4.79 Å². The van der Waals surface area contributed by atoms with Crippen LogP contribution in [-0.4, -0.2) is 33.6 Å². The number of urea groups is 1. The van der Waals surface area contributed by atoms with Crippen molar-refractivity contribution in [3.8, 4) is 0 Å². The Kier molecular flexibility index (Phi) is 4.75. The van der Waals surface area contributed by atoms with E-state index in [1.807, 2.05) is 0 Å². The molecule has 23 heavy (non-hydrogen) atoms. The number of hydrazine groups is 1. The second kappa shape index (κ2) is 6.63. The second-order valence-electron chi connectivity index (χ2n) is 7.17. The quantitative estimate of drug-likeness (QED) is 0.532. The van der Waals surface area contributed by atoms with Crippen molar-refractivity contribution in [2.45, 2.75) is 76.3 Å². The van der Waals surface area contributed by atoms with Crippen LogP contribution < -0.4 is 16.1 Å². The lowest BCUT2D eigenvalue weighted by Gasteiger charge is -2.32. The van der Waals surface area contributed by atoms with Crippen LogP contribution in [0.2, 0.25) is 0 Å². The maximum Gasteiger partial charge on any atom is 0.344 e. The molecule has 0 unspecified atom stereocenters. The topological polar surface area (TPSA) is 73.5 Å². The van der Waals surface area contributed by atoms with Crippen molar-refractivity contribution in [2.24, 2.45) is 5.92 Å². The normalized spacial score (nSPS) is 30.2. The molecule has 0 aromatic heterocycles. The van der Waals surface area contributed by atoms with Crippen molar-refractivity contribution in [3.63, 3.8) is 0 Å². The van der Waals surface area contributed by atoms with E-state index < -0.39 is 11.6 Å². The zero-order valence-corrected chi connectivity index (χ0v) is 14.5. The van der Waals surface area contributed by atoms with Gasteiger partial charge in [-0.2, -0.15) is 5.01 Å². The predicted molar refractivity (Wildman–Crippen MR) is 91.5 cm³/mol. The van der Waals surface area contributed by atoms with Crippen LogP contribution in [0.15, 0.2) is 0 Å². The van der Waals surface area contributed by atoms with Gasteiger partial charge in [-0.1, -0.05) is 39.0 Å². The molecule has 0 aromatic carbocycles. The Morgan fingerprint density at radius 1 is 1.17 bits per heavy atom. The molecule has 0 bridgehead atoms. The molecule has 0 aromatic rings. The van der Waals surface area contributed by atoms with Crippen LogP contribution in [0.4, 0.5) is 4.79 Å². The number of hydrogen-bond donors (Lipinski definition) is 3. The number of nitrogens with zero attached hydrogens (tertiary/aromatic N) is 1. The van der Waals surface area contributed by atoms with E-state index in [0.717, 1.165) is 43.5 Å². The lowest BCUT2D eigenvalue weighted by atomic mass is 9.82. The van der Waals surface area contributed by atoms with E-state index in [1.54, 1.807) is 0 Å². The number of nitrogens with one attached hydrogen (secondary N) is 3. The second-order valence-corrected chi connectivity index (χ2v) is 7.58. The van der Waals surface area contributed by atoms with Gasteiger partial charge >= 0.3 is 6.03 Å². The van der Waals surface area contributed by atoms with Gasteiger partial charge in [0.15, 0.2) is 5.11 Å². The number of imide groups is 1. The summed E-state index contributed by atoms with van der Waals surface area (Å²) in [4.78, 5) is 24.9. The Morgan fingerprint density at radius 2 is 1.87 bits per heavy atom. The van der Waals surface area contributed by atoms with Gasteiger partial charge in [0.05, 0.1) is 0 Å². The molecule has 1 saturated heterocycles. The molecule has 7 heteroatoms. The standard InChI is InChI=1S/C16H26N4O2S/c1-11-7-3-4-8-12(11)17-14(23)19-20-13(21)16(18-15(20)22)9-5-2-6-10-16/h11-12H,2-10H2,1H3,(H,18,22)(H2,17,19,23)/t11-,12-/m0/s1. The Hall–Kier alpha value is -1.37. The summed E-state index contributed by atoms with van der Waals surface area (Å²) in [5, 5.41) is 7.57. The molecule has 3 fully saturated rings. The van der Waals surface area contributed by atoms with E-state index >= 15 is 0 Å². The maximum atomic E-state index is 12.7. The van der Waals surface area contributed by atoms with E-state index in [4.69, 9.17) is 12.2 Å². The molecule has 2 aliphatic carbocycles. The SMILES string of the molecule is C[C@H]1CCCC[C@@H]1NC(=S)NN1C(=O)NC2(CCCCC2)C1=O. The molecular weight excluding hydrogens is 312 g/mol. The van der Waals surface area contributed by atoms with E-state index in [2.05, 4.69) is 23.0 Å². The molecule has 128 valence electrons. The molecule has 6 nitrogen and oxygen atoms in total. The number of thiocarbonyl (C=S) groups is 1. The highest BCUT2D eigenvalue weighted by atomic mass is 32.1. The van der Waals surface area contributed by atoms with Crippen LogP contribution in [0.5, 0.6) is 0 Å². The minimum Gasteiger partial charge on any atom is -0.358 e. The fraction of sp³-hybridized carbons (Fsp3) is 0.812. The zero-order valence-electron chi connectivity index (χ0n) is 13.7. The minimum atomic E-state index is -0.712. The predicted octanol–water partition coefficient (Wildman–Crippen LogP) is 2.20. The molecule has 3 N–H and O–H groups in total. The van der Waals surface area contributed by atoms with Gasteiger partial charge in [-0.25, -0.2) is 4.79 Å². The summed E-state index contributed by atoms with van der Waals surface area (Å²) in [7, 11) is 0. The van der Waals surface area contributed by atoms with Crippen LogP contribution in [0.1, 0.15) is 64.7 Å². The fourth-order valence-electron chi connectivity index (χ4n) is 4.05. The smallest absolute Gasteiger partial charge is 0.344 e. The summed E-state index contributed by atoms with van der Waals surface area (Å²) in [6.07, 6.45) is 9.22. The summed E-state index contributed by atoms with van der Waals surface area (Å²) >= 11 is 5.32. The van der Waals surface area contributed by atoms with E-state index in [1.165, 1.54) is 19.3 Å². The summed E-state index contributed by atoms with van der Waals surface area (Å²) < 4.78 is 0. The molecule has 0 radical (unpaired) electrons. The average molecular weight is 338 g/mol. The highest BCUT2D eigenvalue weighted by molar-refractivity contribution is 7.80. The molecule has 1 heterocycles. The van der Waals surface area contributed by atoms with Gasteiger partial charge in [0.1, 0.15) is 5.54 Å². The molecule has 3 amide bonds. The van der Waals surface area contributed by atoms with E-state index in [-0.39, 0.29) is 5.91 Å². The highest BCUT2D eigenvalue weighted by Gasteiger charge is 2.52. The Labute approximate surface area is 142 Å². The van der Waals surface area contributed by atoms with Crippen molar-refractivity contribution >= 4 is 29.3 Å². The number of rotatable bonds is 2. The van der Waals surface area contributed by atoms with Gasteiger partial charge in [0.25, 0.3) is 5.91 Å². The summed E-state index contributed by atoms with van der Waals surface area (Å²) in [6.45, 7) is 2.21. The molecule has 2 saturated carbocycles. The number of carbonyl (C=O) groups is 2. The molecular formula is C16H26N4O2S. The number of amides is 3. The van der Waals surface area contributed by atoms with Crippen LogP contribution in [0.25, 0.3) is 0 Å². The third-order valence-corrected chi connectivity index (χ3v) is 5.72. The van der Waals surface area contributed by atoms with Crippen molar-refractivity contribution in [1.29, 1.82) is 0 Å². The first-order valence-electron chi connectivity index (χ1n) is 8.76. The van der Waals surface area contributed by atoms with Crippen LogP contribution >= 0.6 is 12.2 Å². The van der Waals surface area contributed by atoms with Crippen molar-refractivity contribution in [2.75, 3.05) is 0 Å². The van der Waals surface area contributed by atoms with Gasteiger partial charge in [0, 0.05) is 6.04 Å².